The average molecular weight is 295 g/mol. The first-order valence-corrected chi connectivity index (χ1v) is 6.04. The third-order valence-corrected chi connectivity index (χ3v) is 2.75. The lowest BCUT2D eigenvalue weighted by atomic mass is 10.2. The minimum absolute atomic E-state index is 0.0874. The first kappa shape index (κ1) is 14.0. The summed E-state index contributed by atoms with van der Waals surface area (Å²) in [5.74, 6) is -1.51. The Balaban J connectivity index is 2.20. The minimum atomic E-state index is -1.10. The van der Waals surface area contributed by atoms with E-state index in [1.807, 2.05) is 0 Å². The first-order valence-electron chi connectivity index (χ1n) is 5.66. The molecule has 0 aliphatic rings. The van der Waals surface area contributed by atoms with Crippen molar-refractivity contribution in [3.05, 3.63) is 41.9 Å². The molecule has 0 saturated carbocycles. The van der Waals surface area contributed by atoms with Crippen LogP contribution in [0.3, 0.4) is 0 Å². The van der Waals surface area contributed by atoms with Gasteiger partial charge in [0.15, 0.2) is 0 Å². The molecule has 0 fully saturated rings. The number of hydrogen-bond donors (Lipinski definition) is 1. The predicted octanol–water partition coefficient (Wildman–Crippen LogP) is 1.05. The molecule has 2 aromatic rings. The highest BCUT2D eigenvalue weighted by molar-refractivity contribution is 6.30. The molecule has 1 aromatic heterocycles. The summed E-state index contributed by atoms with van der Waals surface area (Å²) in [6.45, 7) is -0.523. The summed E-state index contributed by atoms with van der Waals surface area (Å²) in [6, 6.07) is 6.36. The Labute approximate surface area is 119 Å². The quantitative estimate of drug-likeness (QED) is 0.890. The van der Waals surface area contributed by atoms with E-state index in [0.29, 0.717) is 10.7 Å². The normalized spacial score (nSPS) is 10.2. The Kier molecular flexibility index (Phi) is 4.31. The van der Waals surface area contributed by atoms with Crippen molar-refractivity contribution < 1.29 is 14.7 Å². The molecular formula is C12H11ClN4O3. The van der Waals surface area contributed by atoms with Gasteiger partial charge in [-0.1, -0.05) is 11.6 Å². The zero-order valence-electron chi connectivity index (χ0n) is 10.3. The van der Waals surface area contributed by atoms with Gasteiger partial charge in [-0.15, -0.1) is 0 Å². The van der Waals surface area contributed by atoms with Gasteiger partial charge in [0, 0.05) is 10.7 Å². The van der Waals surface area contributed by atoms with Gasteiger partial charge in [0.1, 0.15) is 25.7 Å². The summed E-state index contributed by atoms with van der Waals surface area (Å²) in [7, 11) is 0. The average Bonchev–Trinajstić information content (AvgIpc) is 2.89. The highest BCUT2D eigenvalue weighted by atomic mass is 35.5. The zero-order valence-corrected chi connectivity index (χ0v) is 11.1. The summed E-state index contributed by atoms with van der Waals surface area (Å²) < 4.78 is 1.33. The molecule has 0 unspecified atom stereocenters. The maximum absolute atomic E-state index is 12.2. The lowest BCUT2D eigenvalue weighted by Crippen LogP contribution is -2.38. The molecule has 0 spiro atoms. The first-order chi connectivity index (χ1) is 9.56. The van der Waals surface area contributed by atoms with Crippen molar-refractivity contribution in [2.45, 2.75) is 6.54 Å². The molecule has 0 aliphatic heterocycles. The van der Waals surface area contributed by atoms with Crippen LogP contribution in [0.25, 0.3) is 0 Å². The van der Waals surface area contributed by atoms with E-state index >= 15 is 0 Å². The molecule has 1 N–H and O–H groups in total. The van der Waals surface area contributed by atoms with Crippen LogP contribution in [-0.4, -0.2) is 38.3 Å². The van der Waals surface area contributed by atoms with Gasteiger partial charge in [0.05, 0.1) is 0 Å². The summed E-state index contributed by atoms with van der Waals surface area (Å²) >= 11 is 5.77. The molecule has 7 nitrogen and oxygen atoms in total. The molecule has 1 aromatic carbocycles. The number of rotatable bonds is 5. The molecule has 0 saturated heterocycles. The smallest absolute Gasteiger partial charge is 0.323 e. The largest absolute Gasteiger partial charge is 0.480 e. The number of hydrogen-bond acceptors (Lipinski definition) is 4. The molecule has 8 heteroatoms. The fourth-order valence-corrected chi connectivity index (χ4v) is 1.74. The fraction of sp³-hybridized carbons (Fsp3) is 0.167. The van der Waals surface area contributed by atoms with E-state index in [0.717, 1.165) is 4.90 Å². The van der Waals surface area contributed by atoms with Crippen LogP contribution in [0.15, 0.2) is 36.9 Å². The SMILES string of the molecule is O=C(O)CN(C(=O)Cn1cncn1)c1ccc(Cl)cc1. The van der Waals surface area contributed by atoms with Crippen LogP contribution in [0.5, 0.6) is 0 Å². The lowest BCUT2D eigenvalue weighted by Gasteiger charge is -2.20. The van der Waals surface area contributed by atoms with Gasteiger partial charge in [-0.05, 0) is 24.3 Å². The Hall–Kier alpha value is -2.41. The van der Waals surface area contributed by atoms with E-state index in [1.165, 1.54) is 17.3 Å². The van der Waals surface area contributed by atoms with E-state index in [4.69, 9.17) is 16.7 Å². The molecule has 0 aliphatic carbocycles. The highest BCUT2D eigenvalue weighted by Gasteiger charge is 2.19. The van der Waals surface area contributed by atoms with Gasteiger partial charge in [-0.2, -0.15) is 5.10 Å². The van der Waals surface area contributed by atoms with Crippen LogP contribution in [0, 0.1) is 0 Å². The molecule has 1 amide bonds. The lowest BCUT2D eigenvalue weighted by molar-refractivity contribution is -0.136. The third kappa shape index (κ3) is 3.55. The second-order valence-electron chi connectivity index (χ2n) is 3.94. The maximum atomic E-state index is 12.2. The van der Waals surface area contributed by atoms with Gasteiger partial charge >= 0.3 is 5.97 Å². The standard InChI is InChI=1S/C12H11ClN4O3/c13-9-1-3-10(4-2-9)17(6-12(19)20)11(18)5-16-8-14-7-15-16/h1-4,7-8H,5-6H2,(H,19,20). The van der Waals surface area contributed by atoms with Crippen LogP contribution < -0.4 is 4.90 Å². The van der Waals surface area contributed by atoms with Crippen molar-refractivity contribution in [1.29, 1.82) is 0 Å². The molecule has 104 valence electrons. The van der Waals surface area contributed by atoms with Gasteiger partial charge in [-0.25, -0.2) is 9.67 Å². The van der Waals surface area contributed by atoms with Crippen LogP contribution in [0.4, 0.5) is 5.69 Å². The van der Waals surface area contributed by atoms with E-state index in [2.05, 4.69) is 10.1 Å². The van der Waals surface area contributed by atoms with Crippen molar-refractivity contribution >= 4 is 29.2 Å². The second kappa shape index (κ2) is 6.16. The Morgan fingerprint density at radius 2 is 2.00 bits per heavy atom. The van der Waals surface area contributed by atoms with Crippen LogP contribution in [0.1, 0.15) is 0 Å². The van der Waals surface area contributed by atoms with E-state index in [1.54, 1.807) is 24.3 Å². The van der Waals surface area contributed by atoms with Gasteiger partial charge < -0.3 is 5.11 Å². The molecule has 0 radical (unpaired) electrons. The molecule has 1 heterocycles. The topological polar surface area (TPSA) is 88.3 Å². The van der Waals surface area contributed by atoms with Crippen molar-refractivity contribution in [1.82, 2.24) is 14.8 Å². The fourth-order valence-electron chi connectivity index (χ4n) is 1.62. The van der Waals surface area contributed by atoms with E-state index < -0.39 is 18.4 Å². The highest BCUT2D eigenvalue weighted by Crippen LogP contribution is 2.18. The third-order valence-electron chi connectivity index (χ3n) is 2.50. The van der Waals surface area contributed by atoms with E-state index in [-0.39, 0.29) is 6.54 Å². The monoisotopic (exact) mass is 294 g/mol. The number of benzene rings is 1. The molecular weight excluding hydrogens is 284 g/mol. The van der Waals surface area contributed by atoms with Crippen molar-refractivity contribution in [3.8, 4) is 0 Å². The van der Waals surface area contributed by atoms with Crippen LogP contribution in [0.2, 0.25) is 5.02 Å². The number of carboxylic acids is 1. The number of carboxylic acid groups (broad SMARTS) is 1. The molecule has 0 atom stereocenters. The number of carbonyl (C=O) groups excluding carboxylic acids is 1. The Morgan fingerprint density at radius 3 is 2.55 bits per heavy atom. The minimum Gasteiger partial charge on any atom is -0.480 e. The number of aromatic nitrogens is 3. The van der Waals surface area contributed by atoms with Crippen molar-refractivity contribution in [2.75, 3.05) is 11.4 Å². The Bertz CT molecular complexity index is 598. The van der Waals surface area contributed by atoms with Crippen molar-refractivity contribution in [3.63, 3.8) is 0 Å². The number of amides is 1. The zero-order chi connectivity index (χ0) is 14.5. The number of halogens is 1. The number of anilines is 1. The van der Waals surface area contributed by atoms with Crippen LogP contribution in [-0.2, 0) is 16.1 Å². The Morgan fingerprint density at radius 1 is 1.30 bits per heavy atom. The van der Waals surface area contributed by atoms with Crippen molar-refractivity contribution in [2.24, 2.45) is 0 Å². The summed E-state index contributed by atoms with van der Waals surface area (Å²) in [4.78, 5) is 28.0. The summed E-state index contributed by atoms with van der Waals surface area (Å²) in [5, 5.41) is 13.2. The van der Waals surface area contributed by atoms with Gasteiger partial charge in [0.2, 0.25) is 5.91 Å². The maximum Gasteiger partial charge on any atom is 0.323 e. The number of carbonyl (C=O) groups is 2. The molecule has 20 heavy (non-hydrogen) atoms. The number of nitrogens with zero attached hydrogens (tertiary/aromatic N) is 4. The van der Waals surface area contributed by atoms with Gasteiger partial charge in [-0.3, -0.25) is 14.5 Å². The summed E-state index contributed by atoms with van der Waals surface area (Å²) in [6.07, 6.45) is 2.69. The van der Waals surface area contributed by atoms with Gasteiger partial charge in [0.25, 0.3) is 0 Å². The molecule has 0 bridgehead atoms. The molecule has 2 rings (SSSR count). The van der Waals surface area contributed by atoms with Crippen LogP contribution >= 0.6 is 11.6 Å². The van der Waals surface area contributed by atoms with E-state index in [9.17, 15) is 9.59 Å². The number of aliphatic carboxylic acids is 1. The summed E-state index contributed by atoms with van der Waals surface area (Å²) in [5.41, 5.74) is 0.460. The predicted molar refractivity (Wildman–Crippen MR) is 71.5 cm³/mol. The second-order valence-corrected chi connectivity index (χ2v) is 4.38.